The van der Waals surface area contributed by atoms with Gasteiger partial charge >= 0.3 is 0 Å². The van der Waals surface area contributed by atoms with E-state index >= 15 is 0 Å². The summed E-state index contributed by atoms with van der Waals surface area (Å²) in [5.74, 6) is 0.978. The van der Waals surface area contributed by atoms with Crippen LogP contribution in [-0.4, -0.2) is 0 Å². The first-order valence-corrected chi connectivity index (χ1v) is 4.72. The molecule has 1 heterocycles. The first-order chi connectivity index (χ1) is 6.86. The van der Waals surface area contributed by atoms with E-state index in [0.29, 0.717) is 0 Å². The molecule has 14 heavy (non-hydrogen) atoms. The van der Waals surface area contributed by atoms with Crippen molar-refractivity contribution < 1.29 is 4.42 Å². The van der Waals surface area contributed by atoms with Crippen LogP contribution in [0.2, 0.25) is 0 Å². The minimum absolute atomic E-state index is 0.978. The molecule has 1 aliphatic heterocycles. The first-order valence-electron chi connectivity index (χ1n) is 4.72. The minimum atomic E-state index is 0.978. The van der Waals surface area contributed by atoms with Crippen LogP contribution in [0, 0.1) is 6.92 Å². The highest BCUT2D eigenvalue weighted by molar-refractivity contribution is 6.01. The smallest absolute Gasteiger partial charge is 0.135 e. The maximum Gasteiger partial charge on any atom is 0.135 e. The highest BCUT2D eigenvalue weighted by atomic mass is 16.3. The monoisotopic (exact) mass is 182 g/mol. The molecule has 3 rings (SSSR count). The molecule has 1 heteroatoms. The maximum atomic E-state index is 5.48. The molecule has 68 valence electrons. The molecule has 0 atom stereocenters. The summed E-state index contributed by atoms with van der Waals surface area (Å²) in [7, 11) is 0. The van der Waals surface area contributed by atoms with Crippen LogP contribution in [0.3, 0.4) is 0 Å². The molecule has 0 fully saturated rings. The van der Waals surface area contributed by atoms with Crippen molar-refractivity contribution in [2.24, 2.45) is 0 Å². The van der Waals surface area contributed by atoms with Crippen molar-refractivity contribution in [2.45, 2.75) is 6.92 Å². The van der Waals surface area contributed by atoms with Crippen LogP contribution in [0.15, 0.2) is 47.1 Å². The molecule has 0 saturated heterocycles. The second-order valence-corrected chi connectivity index (χ2v) is 3.57. The van der Waals surface area contributed by atoms with Crippen molar-refractivity contribution in [1.82, 2.24) is 0 Å². The van der Waals surface area contributed by atoms with E-state index in [-0.39, 0.29) is 0 Å². The van der Waals surface area contributed by atoms with E-state index < -0.39 is 0 Å². The molecule has 0 amide bonds. The van der Waals surface area contributed by atoms with Gasteiger partial charge in [0.2, 0.25) is 0 Å². The lowest BCUT2D eigenvalue weighted by molar-refractivity contribution is 0.566. The number of benzene rings is 1. The van der Waals surface area contributed by atoms with Gasteiger partial charge in [-0.25, -0.2) is 0 Å². The van der Waals surface area contributed by atoms with Gasteiger partial charge in [0.25, 0.3) is 0 Å². The largest absolute Gasteiger partial charge is 0.464 e. The molecular formula is C13H10O. The zero-order chi connectivity index (χ0) is 9.54. The summed E-state index contributed by atoms with van der Waals surface area (Å²) in [4.78, 5) is 0. The molecular weight excluding hydrogens is 172 g/mol. The number of hydrogen-bond acceptors (Lipinski definition) is 1. The van der Waals surface area contributed by atoms with E-state index in [1.165, 1.54) is 21.9 Å². The Kier molecular flexibility index (Phi) is 1.42. The molecule has 2 aliphatic rings. The highest BCUT2D eigenvalue weighted by Crippen LogP contribution is 2.36. The second-order valence-electron chi connectivity index (χ2n) is 3.57. The van der Waals surface area contributed by atoms with Crippen LogP contribution >= 0.6 is 0 Å². The Hall–Kier alpha value is -1.76. The first kappa shape index (κ1) is 7.63. The average Bonchev–Trinajstić information content (AvgIpc) is 2.57. The van der Waals surface area contributed by atoms with Gasteiger partial charge in [0.05, 0.1) is 6.26 Å². The second kappa shape index (κ2) is 2.61. The fourth-order valence-corrected chi connectivity index (χ4v) is 1.99. The van der Waals surface area contributed by atoms with E-state index in [9.17, 15) is 0 Å². The summed E-state index contributed by atoms with van der Waals surface area (Å²) >= 11 is 0. The van der Waals surface area contributed by atoms with Crippen LogP contribution in [-0.2, 0) is 0 Å². The molecule has 0 N–H and O–H groups in total. The van der Waals surface area contributed by atoms with E-state index in [2.05, 4.69) is 37.3 Å². The van der Waals surface area contributed by atoms with Crippen LogP contribution < -0.4 is 0 Å². The van der Waals surface area contributed by atoms with Crippen LogP contribution in [0.25, 0.3) is 22.1 Å². The topological polar surface area (TPSA) is 13.1 Å². The lowest BCUT2D eigenvalue weighted by Crippen LogP contribution is -1.78. The third-order valence-electron chi connectivity index (χ3n) is 2.67. The Morgan fingerprint density at radius 1 is 1.07 bits per heavy atom. The maximum absolute atomic E-state index is 5.48. The number of rotatable bonds is 0. The summed E-state index contributed by atoms with van der Waals surface area (Å²) in [6.45, 7) is 2.12. The van der Waals surface area contributed by atoms with Crippen molar-refractivity contribution in [3.05, 3.63) is 48.2 Å². The van der Waals surface area contributed by atoms with Crippen molar-refractivity contribution in [2.75, 3.05) is 0 Å². The summed E-state index contributed by atoms with van der Waals surface area (Å²) in [6, 6.07) is 12.5. The highest BCUT2D eigenvalue weighted by Gasteiger charge is 2.12. The predicted octanol–water partition coefficient (Wildman–Crippen LogP) is 3.85. The zero-order valence-corrected chi connectivity index (χ0v) is 7.95. The number of fused-ring (bicyclic) bond motifs is 3. The Balaban J connectivity index is 2.57. The predicted molar refractivity (Wildman–Crippen MR) is 57.6 cm³/mol. The molecule has 0 spiro atoms. The third-order valence-corrected chi connectivity index (χ3v) is 2.67. The van der Waals surface area contributed by atoms with Crippen molar-refractivity contribution in [1.29, 1.82) is 0 Å². The summed E-state index contributed by atoms with van der Waals surface area (Å²) in [6.07, 6.45) is 1.75. The zero-order valence-electron chi connectivity index (χ0n) is 7.95. The van der Waals surface area contributed by atoms with Gasteiger partial charge in [-0.2, -0.15) is 0 Å². The van der Waals surface area contributed by atoms with E-state index in [4.69, 9.17) is 4.42 Å². The molecule has 0 aromatic heterocycles. The number of hydrogen-bond donors (Lipinski definition) is 0. The Morgan fingerprint density at radius 3 is 2.86 bits per heavy atom. The lowest BCUT2D eigenvalue weighted by Gasteiger charge is -2.01. The van der Waals surface area contributed by atoms with Crippen molar-refractivity contribution in [3.8, 4) is 11.3 Å². The molecule has 1 aromatic rings. The lowest BCUT2D eigenvalue weighted by atomic mass is 10.1. The molecule has 1 nitrogen and oxygen atoms in total. The van der Waals surface area contributed by atoms with Gasteiger partial charge in [-0.1, -0.05) is 24.3 Å². The summed E-state index contributed by atoms with van der Waals surface area (Å²) in [5.41, 5.74) is 2.51. The summed E-state index contributed by atoms with van der Waals surface area (Å²) in [5, 5.41) is 2.53. The van der Waals surface area contributed by atoms with Crippen LogP contribution in [0.4, 0.5) is 0 Å². The molecule has 0 bridgehead atoms. The SMILES string of the molecule is Cc1ccoc2cc3ccccc3c1-2. The van der Waals surface area contributed by atoms with E-state index in [1.54, 1.807) is 6.26 Å². The molecule has 1 aromatic carbocycles. The van der Waals surface area contributed by atoms with Gasteiger partial charge in [0.15, 0.2) is 0 Å². The molecule has 1 aliphatic carbocycles. The molecule has 0 radical (unpaired) electrons. The third kappa shape index (κ3) is 0.896. The quantitative estimate of drug-likeness (QED) is 0.514. The fourth-order valence-electron chi connectivity index (χ4n) is 1.99. The number of aryl methyl sites for hydroxylation is 1. The standard InChI is InChI=1S/C13H10O/c1-9-6-7-14-12-8-10-4-2-3-5-11(10)13(9)12/h2-8H,1H3. The van der Waals surface area contributed by atoms with Gasteiger partial charge in [-0.05, 0) is 35.4 Å². The Labute approximate surface area is 82.3 Å². The fraction of sp³-hybridized carbons (Fsp3) is 0.0769. The van der Waals surface area contributed by atoms with Gasteiger partial charge in [0, 0.05) is 5.56 Å². The van der Waals surface area contributed by atoms with Gasteiger partial charge in [-0.3, -0.25) is 0 Å². The van der Waals surface area contributed by atoms with Gasteiger partial charge in [-0.15, -0.1) is 0 Å². The van der Waals surface area contributed by atoms with Crippen LogP contribution in [0.5, 0.6) is 0 Å². The minimum Gasteiger partial charge on any atom is -0.464 e. The van der Waals surface area contributed by atoms with E-state index in [0.717, 1.165) is 5.76 Å². The van der Waals surface area contributed by atoms with Crippen molar-refractivity contribution in [3.63, 3.8) is 0 Å². The molecule has 0 unspecified atom stereocenters. The average molecular weight is 182 g/mol. The van der Waals surface area contributed by atoms with Gasteiger partial charge < -0.3 is 4.42 Å². The Bertz CT molecular complexity index is 563. The van der Waals surface area contributed by atoms with Gasteiger partial charge in [0.1, 0.15) is 5.76 Å². The van der Waals surface area contributed by atoms with E-state index in [1.807, 2.05) is 6.07 Å². The van der Waals surface area contributed by atoms with Crippen LogP contribution in [0.1, 0.15) is 5.56 Å². The summed E-state index contributed by atoms with van der Waals surface area (Å²) < 4.78 is 5.48. The van der Waals surface area contributed by atoms with Crippen molar-refractivity contribution >= 4 is 10.8 Å². The normalized spacial score (nSPS) is 11.2. The molecule has 0 saturated carbocycles. The Morgan fingerprint density at radius 2 is 1.93 bits per heavy atom.